The number of hydroxylamine groups is 1. The number of phenols is 1. The summed E-state index contributed by atoms with van der Waals surface area (Å²) < 4.78 is 25.1. The van der Waals surface area contributed by atoms with Crippen molar-refractivity contribution in [3.05, 3.63) is 29.3 Å². The van der Waals surface area contributed by atoms with Gasteiger partial charge in [-0.25, -0.2) is 14.3 Å². The SMILES string of the molecule is ONCc1cc(O)c(F)cc1F. The fourth-order valence-electron chi connectivity index (χ4n) is 0.801. The highest BCUT2D eigenvalue weighted by molar-refractivity contribution is 5.30. The molecule has 0 aromatic heterocycles. The van der Waals surface area contributed by atoms with Gasteiger partial charge < -0.3 is 10.3 Å². The smallest absolute Gasteiger partial charge is 0.167 e. The van der Waals surface area contributed by atoms with Crippen LogP contribution in [0.1, 0.15) is 5.56 Å². The average molecular weight is 175 g/mol. The van der Waals surface area contributed by atoms with Gasteiger partial charge in [-0.05, 0) is 6.07 Å². The molecule has 1 aromatic rings. The van der Waals surface area contributed by atoms with Gasteiger partial charge in [0.15, 0.2) is 11.6 Å². The molecular weight excluding hydrogens is 168 g/mol. The standard InChI is InChI=1S/C7H7F2NO2/c8-5-2-6(9)7(11)1-4(5)3-10-12/h1-2,10-12H,3H2. The van der Waals surface area contributed by atoms with E-state index in [2.05, 4.69) is 0 Å². The van der Waals surface area contributed by atoms with Crippen LogP contribution in [0.3, 0.4) is 0 Å². The molecule has 0 spiro atoms. The Morgan fingerprint density at radius 1 is 1.25 bits per heavy atom. The van der Waals surface area contributed by atoms with Gasteiger partial charge in [0, 0.05) is 18.2 Å². The highest BCUT2D eigenvalue weighted by Gasteiger charge is 2.07. The van der Waals surface area contributed by atoms with Crippen molar-refractivity contribution in [3.8, 4) is 5.75 Å². The van der Waals surface area contributed by atoms with Crippen LogP contribution < -0.4 is 5.48 Å². The predicted octanol–water partition coefficient (Wildman–Crippen LogP) is 1.15. The maximum absolute atomic E-state index is 12.7. The van der Waals surface area contributed by atoms with Crippen LogP contribution in [0.15, 0.2) is 12.1 Å². The van der Waals surface area contributed by atoms with Crippen LogP contribution in [0.4, 0.5) is 8.78 Å². The Hall–Kier alpha value is -1.20. The van der Waals surface area contributed by atoms with Crippen LogP contribution >= 0.6 is 0 Å². The van der Waals surface area contributed by atoms with Gasteiger partial charge in [-0.1, -0.05) is 0 Å². The molecule has 1 rings (SSSR count). The minimum absolute atomic E-state index is 0.00333. The Labute approximate surface area is 67.2 Å². The van der Waals surface area contributed by atoms with Crippen molar-refractivity contribution < 1.29 is 19.1 Å². The summed E-state index contributed by atoms with van der Waals surface area (Å²) in [4.78, 5) is 0. The van der Waals surface area contributed by atoms with Crippen LogP contribution in [-0.2, 0) is 6.54 Å². The van der Waals surface area contributed by atoms with Gasteiger partial charge in [0.25, 0.3) is 0 Å². The molecule has 3 nitrogen and oxygen atoms in total. The van der Waals surface area contributed by atoms with E-state index in [1.54, 1.807) is 5.48 Å². The summed E-state index contributed by atoms with van der Waals surface area (Å²) in [6.07, 6.45) is 0. The molecule has 12 heavy (non-hydrogen) atoms. The van der Waals surface area contributed by atoms with Crippen LogP contribution in [-0.4, -0.2) is 10.3 Å². The lowest BCUT2D eigenvalue weighted by Crippen LogP contribution is -2.08. The molecule has 0 aliphatic rings. The lowest BCUT2D eigenvalue weighted by Gasteiger charge is -2.02. The number of benzene rings is 1. The van der Waals surface area contributed by atoms with E-state index in [0.717, 1.165) is 6.07 Å². The summed E-state index contributed by atoms with van der Waals surface area (Å²) in [6.45, 7) is -0.181. The summed E-state index contributed by atoms with van der Waals surface area (Å²) in [5.41, 5.74) is 1.69. The van der Waals surface area contributed by atoms with Crippen LogP contribution in [0.5, 0.6) is 5.75 Å². The summed E-state index contributed by atoms with van der Waals surface area (Å²) >= 11 is 0. The van der Waals surface area contributed by atoms with Crippen molar-refractivity contribution in [1.82, 2.24) is 5.48 Å². The van der Waals surface area contributed by atoms with Crippen molar-refractivity contribution in [2.24, 2.45) is 0 Å². The van der Waals surface area contributed by atoms with Crippen molar-refractivity contribution in [2.45, 2.75) is 6.54 Å². The van der Waals surface area contributed by atoms with Gasteiger partial charge >= 0.3 is 0 Å². The molecule has 0 aliphatic heterocycles. The van der Waals surface area contributed by atoms with E-state index in [9.17, 15) is 8.78 Å². The maximum Gasteiger partial charge on any atom is 0.167 e. The van der Waals surface area contributed by atoms with Crippen molar-refractivity contribution in [1.29, 1.82) is 0 Å². The van der Waals surface area contributed by atoms with E-state index in [4.69, 9.17) is 10.3 Å². The predicted molar refractivity (Wildman–Crippen MR) is 36.6 cm³/mol. The van der Waals surface area contributed by atoms with Gasteiger partial charge in [-0.2, -0.15) is 0 Å². The zero-order valence-electron chi connectivity index (χ0n) is 6.01. The molecule has 0 saturated heterocycles. The summed E-state index contributed by atoms with van der Waals surface area (Å²) in [7, 11) is 0. The Kier molecular flexibility index (Phi) is 2.57. The third-order valence-corrected chi connectivity index (χ3v) is 1.39. The number of halogens is 2. The zero-order valence-corrected chi connectivity index (χ0v) is 6.01. The Bertz CT molecular complexity index is 291. The maximum atomic E-state index is 12.7. The van der Waals surface area contributed by atoms with E-state index in [0.29, 0.717) is 6.07 Å². The second-order valence-electron chi connectivity index (χ2n) is 2.23. The van der Waals surface area contributed by atoms with E-state index in [1.807, 2.05) is 0 Å². The van der Waals surface area contributed by atoms with E-state index < -0.39 is 17.4 Å². The summed E-state index contributed by atoms with van der Waals surface area (Å²) in [5, 5.41) is 17.0. The lowest BCUT2D eigenvalue weighted by atomic mass is 10.2. The highest BCUT2D eigenvalue weighted by Crippen LogP contribution is 2.19. The van der Waals surface area contributed by atoms with Gasteiger partial charge in [-0.15, -0.1) is 0 Å². The van der Waals surface area contributed by atoms with Gasteiger partial charge in [0.05, 0.1) is 0 Å². The molecule has 0 unspecified atom stereocenters. The van der Waals surface area contributed by atoms with Crippen molar-refractivity contribution in [3.63, 3.8) is 0 Å². The largest absolute Gasteiger partial charge is 0.505 e. The van der Waals surface area contributed by atoms with Crippen molar-refractivity contribution >= 4 is 0 Å². The van der Waals surface area contributed by atoms with E-state index in [-0.39, 0.29) is 12.1 Å². The normalized spacial score (nSPS) is 10.2. The molecule has 0 fully saturated rings. The van der Waals surface area contributed by atoms with Gasteiger partial charge in [0.2, 0.25) is 0 Å². The number of rotatable bonds is 2. The number of nitrogens with one attached hydrogen (secondary N) is 1. The van der Waals surface area contributed by atoms with Crippen LogP contribution in [0.25, 0.3) is 0 Å². The number of aromatic hydroxyl groups is 1. The summed E-state index contributed by atoms with van der Waals surface area (Å²) in [5.74, 6) is -2.47. The molecule has 0 heterocycles. The minimum atomic E-state index is -1.02. The molecular formula is C7H7F2NO2. The zero-order chi connectivity index (χ0) is 9.14. The van der Waals surface area contributed by atoms with Crippen molar-refractivity contribution in [2.75, 3.05) is 0 Å². The fourth-order valence-corrected chi connectivity index (χ4v) is 0.801. The number of phenolic OH excluding ortho intramolecular Hbond substituents is 1. The minimum Gasteiger partial charge on any atom is -0.505 e. The lowest BCUT2D eigenvalue weighted by molar-refractivity contribution is 0.160. The molecule has 3 N–H and O–H groups in total. The molecule has 5 heteroatoms. The molecule has 0 radical (unpaired) electrons. The van der Waals surface area contributed by atoms with Crippen LogP contribution in [0, 0.1) is 11.6 Å². The molecule has 0 atom stereocenters. The second-order valence-corrected chi connectivity index (χ2v) is 2.23. The first-order valence-corrected chi connectivity index (χ1v) is 3.19. The van der Waals surface area contributed by atoms with Gasteiger partial charge in [-0.3, -0.25) is 0 Å². The second kappa shape index (κ2) is 3.46. The first kappa shape index (κ1) is 8.89. The Morgan fingerprint density at radius 3 is 2.50 bits per heavy atom. The third kappa shape index (κ3) is 1.69. The molecule has 0 saturated carbocycles. The topological polar surface area (TPSA) is 52.5 Å². The molecule has 1 aromatic carbocycles. The highest BCUT2D eigenvalue weighted by atomic mass is 19.1. The van der Waals surface area contributed by atoms with Gasteiger partial charge in [0.1, 0.15) is 5.82 Å². The first-order valence-electron chi connectivity index (χ1n) is 3.19. The fraction of sp³-hybridized carbons (Fsp3) is 0.143. The number of hydrogen-bond acceptors (Lipinski definition) is 3. The quantitative estimate of drug-likeness (QED) is 0.591. The monoisotopic (exact) mass is 175 g/mol. The third-order valence-electron chi connectivity index (χ3n) is 1.39. The molecule has 0 aliphatic carbocycles. The van der Waals surface area contributed by atoms with E-state index in [1.165, 1.54) is 0 Å². The Balaban J connectivity index is 3.05. The molecule has 66 valence electrons. The van der Waals surface area contributed by atoms with E-state index >= 15 is 0 Å². The number of hydrogen-bond donors (Lipinski definition) is 3. The molecule has 0 amide bonds. The Morgan fingerprint density at radius 2 is 1.92 bits per heavy atom. The first-order chi connectivity index (χ1) is 5.65. The molecule has 0 bridgehead atoms. The van der Waals surface area contributed by atoms with Crippen LogP contribution in [0.2, 0.25) is 0 Å². The summed E-state index contributed by atoms with van der Waals surface area (Å²) in [6, 6.07) is 1.47. The average Bonchev–Trinajstić information content (AvgIpc) is 2.01.